The highest BCUT2D eigenvalue weighted by Crippen LogP contribution is 2.34. The molecule has 0 aliphatic carbocycles. The van der Waals surface area contributed by atoms with Crippen molar-refractivity contribution in [1.29, 1.82) is 0 Å². The predicted octanol–water partition coefficient (Wildman–Crippen LogP) is 1.84. The topological polar surface area (TPSA) is 80.3 Å². The molecule has 0 radical (unpaired) electrons. The minimum absolute atomic E-state index is 0.0302. The molecule has 11 heteroatoms. The third kappa shape index (κ3) is 5.56. The van der Waals surface area contributed by atoms with Crippen molar-refractivity contribution in [3.8, 4) is 11.5 Å². The Morgan fingerprint density at radius 2 is 1.89 bits per heavy atom. The number of nitrogens with zero attached hydrogens (tertiary/aromatic N) is 4. The van der Waals surface area contributed by atoms with Crippen LogP contribution in [-0.2, 0) is 14.3 Å². The quantitative estimate of drug-likeness (QED) is 0.536. The van der Waals surface area contributed by atoms with Gasteiger partial charge >= 0.3 is 0 Å². The van der Waals surface area contributed by atoms with Crippen LogP contribution in [0.2, 0.25) is 5.02 Å². The molecule has 0 spiro atoms. The summed E-state index contributed by atoms with van der Waals surface area (Å²) in [7, 11) is 2.16. The van der Waals surface area contributed by atoms with Crippen molar-refractivity contribution in [3.63, 3.8) is 0 Å². The molecular formula is C27H34ClN5O5. The van der Waals surface area contributed by atoms with E-state index in [0.29, 0.717) is 47.5 Å². The van der Waals surface area contributed by atoms with E-state index < -0.39 is 6.35 Å². The molecule has 3 fully saturated rings. The molecule has 4 aliphatic heterocycles. The van der Waals surface area contributed by atoms with Gasteiger partial charge in [-0.1, -0.05) is 29.8 Å². The second-order valence-corrected chi connectivity index (χ2v) is 10.2. The van der Waals surface area contributed by atoms with Crippen molar-refractivity contribution in [1.82, 2.24) is 14.9 Å². The van der Waals surface area contributed by atoms with Crippen molar-refractivity contribution >= 4 is 23.1 Å². The number of likely N-dealkylation sites (N-methyl/N-ethyl adjacent to an activating group) is 1. The molecular weight excluding hydrogens is 510 g/mol. The fourth-order valence-corrected chi connectivity index (χ4v) is 5.26. The van der Waals surface area contributed by atoms with Crippen molar-refractivity contribution in [3.05, 3.63) is 52.0 Å². The van der Waals surface area contributed by atoms with Crippen molar-refractivity contribution in [2.24, 2.45) is 4.99 Å². The molecule has 4 heterocycles. The molecule has 0 saturated carbocycles. The number of anilines is 1. The molecule has 1 atom stereocenters. The van der Waals surface area contributed by atoms with Crippen molar-refractivity contribution in [2.75, 3.05) is 71.7 Å². The van der Waals surface area contributed by atoms with Gasteiger partial charge in [0.2, 0.25) is 0 Å². The highest BCUT2D eigenvalue weighted by molar-refractivity contribution is 6.33. The molecule has 2 aromatic carbocycles. The summed E-state index contributed by atoms with van der Waals surface area (Å²) in [6, 6.07) is 11.8. The fourth-order valence-electron chi connectivity index (χ4n) is 5.01. The SMILES string of the molecule is CN1CCN(CCOc2cc3c(c(OC4CCOCC4)c2Cl)=C(Nc2ccccc2)N2OCOC2N=3)CC1. The van der Waals surface area contributed by atoms with Crippen LogP contribution in [0.15, 0.2) is 41.4 Å². The van der Waals surface area contributed by atoms with Gasteiger partial charge in [0.15, 0.2) is 12.5 Å². The number of para-hydroxylation sites is 1. The highest BCUT2D eigenvalue weighted by Gasteiger charge is 2.35. The van der Waals surface area contributed by atoms with E-state index in [2.05, 4.69) is 22.2 Å². The summed E-state index contributed by atoms with van der Waals surface area (Å²) in [6.45, 7) is 6.94. The Balaban J connectivity index is 1.37. The molecule has 0 bridgehead atoms. The maximum absolute atomic E-state index is 7.04. The smallest absolute Gasteiger partial charge is 0.255 e. The van der Waals surface area contributed by atoms with E-state index >= 15 is 0 Å². The van der Waals surface area contributed by atoms with Crippen LogP contribution in [0.5, 0.6) is 11.5 Å². The number of hydrogen-bond donors (Lipinski definition) is 1. The Morgan fingerprint density at radius 3 is 2.68 bits per heavy atom. The van der Waals surface area contributed by atoms with Gasteiger partial charge in [-0.3, -0.25) is 4.90 Å². The minimum Gasteiger partial charge on any atom is -0.490 e. The first kappa shape index (κ1) is 25.7. The number of fused-ring (bicyclic) bond motifs is 2. The number of piperazine rings is 1. The Morgan fingerprint density at radius 1 is 1.11 bits per heavy atom. The van der Waals surface area contributed by atoms with Gasteiger partial charge in [0.05, 0.1) is 23.8 Å². The lowest BCUT2D eigenvalue weighted by Crippen LogP contribution is -2.47. The normalized spacial score (nSPS) is 22.5. The highest BCUT2D eigenvalue weighted by atomic mass is 35.5. The van der Waals surface area contributed by atoms with Crippen LogP contribution in [0.25, 0.3) is 5.82 Å². The maximum atomic E-state index is 7.04. The second kappa shape index (κ2) is 11.6. The summed E-state index contributed by atoms with van der Waals surface area (Å²) in [4.78, 5) is 15.4. The molecule has 3 saturated heterocycles. The van der Waals surface area contributed by atoms with E-state index in [-0.39, 0.29) is 12.9 Å². The molecule has 38 heavy (non-hydrogen) atoms. The summed E-state index contributed by atoms with van der Waals surface area (Å²) in [6.07, 6.45) is 0.912. The van der Waals surface area contributed by atoms with Gasteiger partial charge in [-0.2, -0.15) is 5.06 Å². The average molecular weight is 544 g/mol. The van der Waals surface area contributed by atoms with Gasteiger partial charge < -0.3 is 29.2 Å². The van der Waals surface area contributed by atoms with Crippen LogP contribution in [0.4, 0.5) is 5.69 Å². The van der Waals surface area contributed by atoms with E-state index in [0.717, 1.165) is 56.5 Å². The van der Waals surface area contributed by atoms with Gasteiger partial charge in [0.25, 0.3) is 6.35 Å². The van der Waals surface area contributed by atoms with Gasteiger partial charge in [-0.05, 0) is 19.2 Å². The summed E-state index contributed by atoms with van der Waals surface area (Å²) in [5, 5.41) is 6.94. The van der Waals surface area contributed by atoms with Gasteiger partial charge in [0.1, 0.15) is 29.3 Å². The first-order valence-corrected chi connectivity index (χ1v) is 13.6. The van der Waals surface area contributed by atoms with Crippen LogP contribution in [0.3, 0.4) is 0 Å². The summed E-state index contributed by atoms with van der Waals surface area (Å²) in [5.74, 6) is 1.75. The van der Waals surface area contributed by atoms with E-state index in [4.69, 9.17) is 40.4 Å². The van der Waals surface area contributed by atoms with Crippen LogP contribution in [-0.4, -0.2) is 93.7 Å². The van der Waals surface area contributed by atoms with Crippen LogP contribution < -0.4 is 25.4 Å². The number of ether oxygens (including phenoxy) is 4. The number of benzene rings is 2. The summed E-state index contributed by atoms with van der Waals surface area (Å²) < 4.78 is 24.2. The lowest BCUT2D eigenvalue weighted by molar-refractivity contribution is -0.0787. The molecule has 10 nitrogen and oxygen atoms in total. The Hall–Kier alpha value is -2.60. The standard InChI is InChI=1S/C27H34ClN5O5/c1-31-9-11-32(12-10-31)13-16-35-22-17-21-23(25(24(22)28)38-20-7-14-34-15-8-20)26(29-19-5-3-2-4-6-19)33-27(30-21)36-18-37-33/h2-6,17,20,27,29H,7-16,18H2,1H3. The zero-order chi connectivity index (χ0) is 25.9. The van der Waals surface area contributed by atoms with E-state index in [1.807, 2.05) is 36.4 Å². The molecule has 0 aromatic heterocycles. The number of nitrogens with one attached hydrogen (secondary N) is 1. The van der Waals surface area contributed by atoms with Crippen LogP contribution in [0, 0.1) is 0 Å². The lowest BCUT2D eigenvalue weighted by atomic mass is 10.1. The molecule has 0 amide bonds. The minimum atomic E-state index is -0.621. The third-order valence-corrected chi connectivity index (χ3v) is 7.59. The lowest BCUT2D eigenvalue weighted by Gasteiger charge is -2.32. The molecule has 1 N–H and O–H groups in total. The number of hydrogen-bond acceptors (Lipinski definition) is 10. The molecule has 4 aliphatic rings. The number of hydroxylamine groups is 2. The zero-order valence-corrected chi connectivity index (χ0v) is 22.4. The Kier molecular flexibility index (Phi) is 7.87. The largest absolute Gasteiger partial charge is 0.490 e. The van der Waals surface area contributed by atoms with E-state index in [9.17, 15) is 0 Å². The number of halogens is 1. The van der Waals surface area contributed by atoms with Crippen molar-refractivity contribution in [2.45, 2.75) is 25.3 Å². The number of rotatable bonds is 8. The van der Waals surface area contributed by atoms with Gasteiger partial charge in [-0.15, -0.1) is 0 Å². The molecule has 204 valence electrons. The fraction of sp³-hybridized carbons (Fsp3) is 0.519. The predicted molar refractivity (Wildman–Crippen MR) is 142 cm³/mol. The molecule has 1 unspecified atom stereocenters. The summed E-state index contributed by atoms with van der Waals surface area (Å²) in [5.41, 5.74) is 0.894. The van der Waals surface area contributed by atoms with Crippen molar-refractivity contribution < 1.29 is 23.8 Å². The van der Waals surface area contributed by atoms with Crippen LogP contribution >= 0.6 is 11.6 Å². The summed E-state index contributed by atoms with van der Waals surface area (Å²) >= 11 is 7.04. The zero-order valence-electron chi connectivity index (χ0n) is 21.6. The maximum Gasteiger partial charge on any atom is 0.255 e. The first-order chi connectivity index (χ1) is 18.7. The average Bonchev–Trinajstić information content (AvgIpc) is 3.42. The monoisotopic (exact) mass is 543 g/mol. The molecule has 6 rings (SSSR count). The second-order valence-electron chi connectivity index (χ2n) is 9.87. The first-order valence-electron chi connectivity index (χ1n) is 13.2. The third-order valence-electron chi connectivity index (χ3n) is 7.23. The van der Waals surface area contributed by atoms with Crippen LogP contribution in [0.1, 0.15) is 12.8 Å². The van der Waals surface area contributed by atoms with Gasteiger partial charge in [-0.25, -0.2) is 9.83 Å². The molecule has 2 aromatic rings. The van der Waals surface area contributed by atoms with E-state index in [1.54, 1.807) is 5.06 Å². The Bertz CT molecular complexity index is 1230. The van der Waals surface area contributed by atoms with Gasteiger partial charge in [0, 0.05) is 57.3 Å². The van der Waals surface area contributed by atoms with E-state index in [1.165, 1.54) is 0 Å². The Labute approximate surface area is 227 Å².